The first-order valence-electron chi connectivity index (χ1n) is 24.5. The van der Waals surface area contributed by atoms with Crippen LogP contribution in [0.2, 0.25) is 0 Å². The number of phenols is 1. The fourth-order valence-electron chi connectivity index (χ4n) is 8.56. The van der Waals surface area contributed by atoms with E-state index >= 15 is 0 Å². The molecule has 0 spiro atoms. The summed E-state index contributed by atoms with van der Waals surface area (Å²) < 4.78 is 20.0. The molecule has 14 N–H and O–H groups in total. The fraction of sp³-hybridized carbons (Fsp3) is 0.617. The van der Waals surface area contributed by atoms with E-state index < -0.39 is 182 Å². The summed E-state index contributed by atoms with van der Waals surface area (Å²) in [4.78, 5) is 144. The number of aromatic nitrogens is 1. The number of hydrogen-bond donors (Lipinski definition) is 13. The largest absolute Gasteiger partial charge is 0.508 e. The lowest BCUT2D eigenvalue weighted by molar-refractivity contribution is -0.144. The van der Waals surface area contributed by atoms with Gasteiger partial charge in [0.2, 0.25) is 53.2 Å². The Bertz CT molecular complexity index is 2540. The summed E-state index contributed by atoms with van der Waals surface area (Å²) in [5.41, 5.74) is 5.54. The number of benzene rings is 1. The molecule has 1 unspecified atom stereocenters. The number of carbonyl (C=O) groups is 10. The van der Waals surface area contributed by atoms with E-state index in [0.717, 1.165) is 4.90 Å². The number of H-pyrrole nitrogens is 1. The van der Waals surface area contributed by atoms with Crippen LogP contribution in [0.4, 0.5) is 4.79 Å². The molecule has 2 aromatic rings. The molecule has 0 radical (unpaired) electrons. The molecule has 414 valence electrons. The van der Waals surface area contributed by atoms with Gasteiger partial charge < -0.3 is 78.2 Å². The molecular weight excluding hydrogens is 1000 g/mol. The molecule has 1 aromatic heterocycles. The highest BCUT2D eigenvalue weighted by Crippen LogP contribution is 2.30. The zero-order valence-electron chi connectivity index (χ0n) is 42.9. The van der Waals surface area contributed by atoms with Crippen molar-refractivity contribution in [1.82, 2.24) is 57.3 Å². The van der Waals surface area contributed by atoms with Crippen LogP contribution in [0.25, 0.3) is 10.9 Å². The van der Waals surface area contributed by atoms with Crippen LogP contribution in [0.1, 0.15) is 66.4 Å². The third-order valence-electron chi connectivity index (χ3n) is 13.6. The number of nitrogens with zero attached hydrogens (tertiary/aromatic N) is 2. The number of phenolic OH excluding ortho intramolecular Hbond substituents is 1. The van der Waals surface area contributed by atoms with Gasteiger partial charge in [0.15, 0.2) is 0 Å². The number of ether oxygens (including phenoxy) is 1. The summed E-state index contributed by atoms with van der Waals surface area (Å²) in [6.07, 6.45) is -5.55. The quantitative estimate of drug-likeness (QED) is 0.101. The molecule has 1 saturated heterocycles. The van der Waals surface area contributed by atoms with Crippen molar-refractivity contribution in [3.8, 4) is 5.75 Å². The predicted octanol–water partition coefficient (Wildman–Crippen LogP) is -4.46. The van der Waals surface area contributed by atoms with E-state index in [1.54, 1.807) is 13.8 Å². The van der Waals surface area contributed by atoms with E-state index in [1.165, 1.54) is 25.1 Å². The second-order valence-electron chi connectivity index (χ2n) is 20.1. The lowest BCUT2D eigenvalue weighted by atomic mass is 9.93. The average molecular weight is 1080 g/mol. The highest BCUT2D eigenvalue weighted by Gasteiger charge is 2.45. The van der Waals surface area contributed by atoms with Crippen LogP contribution in [-0.4, -0.2) is 200 Å². The standard InChI is InChI=1S/C47H70N12O15S/c1-8-22(2)37-42(69)51-17-35(64)52-31-21-75(73)44-27(26-10-9-24(60)13-28(26)55-44)15-29(39(66)50-18-36(65)56-37)53-43(70)38(23(3)33(62)20-74-46(72)49-11-12-58(7)47(4,5)6)57-41(68)32-14-25(61)19-59(32)45(71)30(16-34(48)63)54-40(31)67/h9-10,13,22-23,25,29-33,37-38,55,60-62H,8,11-12,14-21H2,1-7H3,(H2,48,63)(H,49,72)(H,50,66)(H,51,69)(H,52,64)(H,53,70)(H,54,67)(H,56,65)(H,57,68)/t22-,23-,25+,29-,30-,31-,32-,33-,37-,38-,75?/m0/s1. The van der Waals surface area contributed by atoms with E-state index in [1.807, 2.05) is 32.7 Å². The van der Waals surface area contributed by atoms with Crippen molar-refractivity contribution < 1.29 is 72.2 Å². The number of amides is 10. The molecule has 1 aromatic carbocycles. The summed E-state index contributed by atoms with van der Waals surface area (Å²) in [6, 6.07) is -6.26. The number of hydrogen-bond acceptors (Lipinski definition) is 16. The second kappa shape index (κ2) is 25.6. The molecule has 3 aliphatic rings. The molecule has 3 aliphatic heterocycles. The molecule has 27 nitrogen and oxygen atoms in total. The van der Waals surface area contributed by atoms with E-state index in [2.05, 4.69) is 47.5 Å². The number of likely N-dealkylation sites (N-methyl/N-ethyl adjacent to an activating group) is 1. The maximum absolute atomic E-state index is 14.9. The summed E-state index contributed by atoms with van der Waals surface area (Å²) in [6.45, 7) is 8.40. The van der Waals surface area contributed by atoms with E-state index in [9.17, 15) is 67.5 Å². The number of carbonyl (C=O) groups excluding carboxylic acids is 10. The minimum absolute atomic E-state index is 0.0594. The Morgan fingerprint density at radius 2 is 1.57 bits per heavy atom. The Morgan fingerprint density at radius 1 is 0.907 bits per heavy atom. The SMILES string of the molecule is CC[C@H](C)[C@@H]1NC(=O)CNC(=O)[C@@H]2Cc3c([nH]c4cc(O)ccc34)S(=O)C[C@H](NC(=O)CNC1=O)C(=O)N[C@@H](CC(N)=O)C(=O)N1C[C@H](O)C[C@H]1C(=O)N[C@@H]([C@@H](C)[C@@H](O)COC(=O)NCCN(C)C(C)(C)C)C(=O)N2. The van der Waals surface area contributed by atoms with Crippen LogP contribution >= 0.6 is 0 Å². The summed E-state index contributed by atoms with van der Waals surface area (Å²) in [7, 11) is -0.561. The van der Waals surface area contributed by atoms with Gasteiger partial charge in [-0.25, -0.2) is 4.79 Å². The lowest BCUT2D eigenvalue weighted by Gasteiger charge is -2.33. The molecule has 28 heteroatoms. The van der Waals surface area contributed by atoms with Crippen molar-refractivity contribution in [2.24, 2.45) is 17.6 Å². The van der Waals surface area contributed by atoms with Crippen LogP contribution in [0.3, 0.4) is 0 Å². The number of aliphatic hydroxyl groups excluding tert-OH is 2. The molecular formula is C47H70N12O15S. The monoisotopic (exact) mass is 1070 g/mol. The lowest BCUT2D eigenvalue weighted by Crippen LogP contribution is -2.62. The fourth-order valence-corrected chi connectivity index (χ4v) is 9.96. The highest BCUT2D eigenvalue weighted by molar-refractivity contribution is 7.85. The molecule has 0 aliphatic carbocycles. The number of primary amides is 1. The first kappa shape index (κ1) is 59.0. The van der Waals surface area contributed by atoms with Gasteiger partial charge in [-0.15, -0.1) is 0 Å². The van der Waals surface area contributed by atoms with Crippen LogP contribution < -0.4 is 48.3 Å². The molecule has 75 heavy (non-hydrogen) atoms. The third-order valence-corrected chi connectivity index (χ3v) is 15.0. The number of fused-ring (bicyclic) bond motifs is 5. The zero-order valence-corrected chi connectivity index (χ0v) is 43.7. The smallest absolute Gasteiger partial charge is 0.407 e. The predicted molar refractivity (Wildman–Crippen MR) is 267 cm³/mol. The van der Waals surface area contributed by atoms with Gasteiger partial charge in [0, 0.05) is 55.4 Å². The van der Waals surface area contributed by atoms with Crippen molar-refractivity contribution in [1.29, 1.82) is 0 Å². The normalized spacial score (nSPS) is 26.2. The number of aromatic amines is 1. The number of nitrogens with two attached hydrogens (primary N) is 1. The van der Waals surface area contributed by atoms with Gasteiger partial charge in [-0.1, -0.05) is 27.2 Å². The third kappa shape index (κ3) is 15.6. The Hall–Kier alpha value is -6.91. The molecule has 2 bridgehead atoms. The van der Waals surface area contributed by atoms with Gasteiger partial charge >= 0.3 is 6.09 Å². The molecule has 11 atom stereocenters. The number of aromatic hydroxyl groups is 1. The molecule has 0 saturated carbocycles. The Labute approximate surface area is 434 Å². The summed E-state index contributed by atoms with van der Waals surface area (Å²) in [5, 5.41) is 52.7. The van der Waals surface area contributed by atoms with Gasteiger partial charge in [-0.05, 0) is 51.4 Å². The van der Waals surface area contributed by atoms with Crippen LogP contribution in [0, 0.1) is 11.8 Å². The van der Waals surface area contributed by atoms with Crippen molar-refractivity contribution >= 4 is 81.0 Å². The minimum Gasteiger partial charge on any atom is -0.508 e. The van der Waals surface area contributed by atoms with Crippen molar-refractivity contribution in [2.45, 2.75) is 126 Å². The topological polar surface area (TPSA) is 402 Å². The summed E-state index contributed by atoms with van der Waals surface area (Å²) >= 11 is 0. The van der Waals surface area contributed by atoms with Gasteiger partial charge in [0.25, 0.3) is 0 Å². The van der Waals surface area contributed by atoms with Gasteiger partial charge in [-0.3, -0.25) is 52.3 Å². The highest BCUT2D eigenvalue weighted by atomic mass is 32.2. The van der Waals surface area contributed by atoms with Crippen molar-refractivity contribution in [2.75, 3.05) is 52.1 Å². The molecule has 1 fully saturated rings. The van der Waals surface area contributed by atoms with Gasteiger partial charge in [-0.2, -0.15) is 0 Å². The first-order chi connectivity index (χ1) is 35.2. The summed E-state index contributed by atoms with van der Waals surface area (Å²) in [5.74, 6) is -12.4. The number of alkyl carbamates (subject to hydrolysis) is 1. The molecule has 10 amide bonds. The maximum atomic E-state index is 14.9. The number of nitrogens with one attached hydrogen (secondary N) is 9. The van der Waals surface area contributed by atoms with Crippen LogP contribution in [-0.2, 0) is 65.1 Å². The van der Waals surface area contributed by atoms with Crippen LogP contribution in [0.15, 0.2) is 23.2 Å². The van der Waals surface area contributed by atoms with Crippen LogP contribution in [0.5, 0.6) is 5.75 Å². The number of rotatable bonds is 11. The van der Waals surface area contributed by atoms with E-state index in [0.29, 0.717) is 13.0 Å². The van der Waals surface area contributed by atoms with E-state index in [-0.39, 0.29) is 39.3 Å². The maximum Gasteiger partial charge on any atom is 0.407 e. The Kier molecular flexibility index (Phi) is 20.1. The molecule has 4 heterocycles. The van der Waals surface area contributed by atoms with Gasteiger partial charge in [0.1, 0.15) is 53.6 Å². The minimum atomic E-state index is -2.42. The van der Waals surface area contributed by atoms with Gasteiger partial charge in [0.05, 0.1) is 53.8 Å². The van der Waals surface area contributed by atoms with Crippen molar-refractivity contribution in [3.05, 3.63) is 23.8 Å². The molecule has 5 rings (SSSR count). The average Bonchev–Trinajstić information content (AvgIpc) is 3.92. The zero-order chi connectivity index (χ0) is 55.6. The Balaban J connectivity index is 1.66. The van der Waals surface area contributed by atoms with E-state index in [4.69, 9.17) is 10.5 Å². The Morgan fingerprint density at radius 3 is 2.23 bits per heavy atom. The van der Waals surface area contributed by atoms with Crippen molar-refractivity contribution in [3.63, 3.8) is 0 Å². The number of aliphatic hydroxyl groups is 2. The first-order valence-corrected chi connectivity index (χ1v) is 25.8. The second-order valence-corrected chi connectivity index (χ2v) is 21.5.